The molecule has 0 amide bonds. The largest absolute Gasteiger partial charge is 0.416 e. The van der Waals surface area contributed by atoms with E-state index in [4.69, 9.17) is 0 Å². The van der Waals surface area contributed by atoms with Gasteiger partial charge >= 0.3 is 6.18 Å². The second-order valence-electron chi connectivity index (χ2n) is 5.95. The van der Waals surface area contributed by atoms with Crippen LogP contribution in [0.2, 0.25) is 0 Å². The van der Waals surface area contributed by atoms with Gasteiger partial charge in [0.05, 0.1) is 16.8 Å². The van der Waals surface area contributed by atoms with Crippen LogP contribution in [0.1, 0.15) is 16.7 Å². The van der Waals surface area contributed by atoms with Crippen LogP contribution in [0.3, 0.4) is 0 Å². The van der Waals surface area contributed by atoms with Gasteiger partial charge in [0.2, 0.25) is 0 Å². The number of nitrogens with zero attached hydrogens (tertiary/aromatic N) is 2. The highest BCUT2D eigenvalue weighted by Gasteiger charge is 2.30. The van der Waals surface area contributed by atoms with Crippen molar-refractivity contribution in [1.29, 1.82) is 0 Å². The SMILES string of the molecule is CNCCc1ccc2c(C)c(-c3ccc(C(F)(F)F)cc3)nnc2c1. The minimum atomic E-state index is -4.34. The second-order valence-corrected chi connectivity index (χ2v) is 5.95. The zero-order valence-corrected chi connectivity index (χ0v) is 14.0. The minimum Gasteiger partial charge on any atom is -0.319 e. The number of fused-ring (bicyclic) bond motifs is 1. The van der Waals surface area contributed by atoms with Crippen molar-refractivity contribution in [2.45, 2.75) is 19.5 Å². The topological polar surface area (TPSA) is 37.8 Å². The number of aromatic nitrogens is 2. The van der Waals surface area contributed by atoms with E-state index >= 15 is 0 Å². The van der Waals surface area contributed by atoms with Crippen LogP contribution in [-0.2, 0) is 12.6 Å². The summed E-state index contributed by atoms with van der Waals surface area (Å²) < 4.78 is 38.1. The Morgan fingerprint density at radius 1 is 1.00 bits per heavy atom. The summed E-state index contributed by atoms with van der Waals surface area (Å²) in [5.41, 5.74) is 3.42. The fourth-order valence-electron chi connectivity index (χ4n) is 2.80. The number of hydrogen-bond acceptors (Lipinski definition) is 3. The Morgan fingerprint density at radius 3 is 2.36 bits per heavy atom. The lowest BCUT2D eigenvalue weighted by Gasteiger charge is -2.11. The molecule has 6 heteroatoms. The molecule has 0 fully saturated rings. The molecule has 3 nitrogen and oxygen atoms in total. The maximum absolute atomic E-state index is 12.7. The van der Waals surface area contributed by atoms with Gasteiger partial charge in [-0.3, -0.25) is 0 Å². The molecule has 3 rings (SSSR count). The summed E-state index contributed by atoms with van der Waals surface area (Å²) in [5.74, 6) is 0. The van der Waals surface area contributed by atoms with E-state index in [1.165, 1.54) is 12.1 Å². The third-order valence-corrected chi connectivity index (χ3v) is 4.23. The first-order chi connectivity index (χ1) is 11.9. The molecule has 1 heterocycles. The molecule has 25 heavy (non-hydrogen) atoms. The molecule has 0 spiro atoms. The highest BCUT2D eigenvalue weighted by atomic mass is 19.4. The molecule has 1 N–H and O–H groups in total. The summed E-state index contributed by atoms with van der Waals surface area (Å²) in [6.45, 7) is 2.79. The van der Waals surface area contributed by atoms with E-state index in [1.54, 1.807) is 0 Å². The average molecular weight is 345 g/mol. The van der Waals surface area contributed by atoms with E-state index in [-0.39, 0.29) is 0 Å². The van der Waals surface area contributed by atoms with E-state index in [0.717, 1.165) is 47.1 Å². The molecule has 0 saturated carbocycles. The van der Waals surface area contributed by atoms with Crippen molar-refractivity contribution >= 4 is 10.9 Å². The number of alkyl halides is 3. The Bertz CT molecular complexity index is 887. The van der Waals surface area contributed by atoms with E-state index in [9.17, 15) is 13.2 Å². The molecular formula is C19H18F3N3. The van der Waals surface area contributed by atoms with Crippen LogP contribution in [0, 0.1) is 6.92 Å². The van der Waals surface area contributed by atoms with Gasteiger partial charge in [0.1, 0.15) is 0 Å². The first-order valence-corrected chi connectivity index (χ1v) is 7.98. The van der Waals surface area contributed by atoms with Gasteiger partial charge < -0.3 is 5.32 Å². The zero-order valence-electron chi connectivity index (χ0n) is 14.0. The Kier molecular flexibility index (Phi) is 4.72. The van der Waals surface area contributed by atoms with Gasteiger partial charge in [-0.15, -0.1) is 10.2 Å². The third-order valence-electron chi connectivity index (χ3n) is 4.23. The zero-order chi connectivity index (χ0) is 18.0. The maximum atomic E-state index is 12.7. The number of likely N-dealkylation sites (N-methyl/N-ethyl adjacent to an activating group) is 1. The summed E-state index contributed by atoms with van der Waals surface area (Å²) in [4.78, 5) is 0. The molecular weight excluding hydrogens is 327 g/mol. The van der Waals surface area contributed by atoms with Crippen LogP contribution < -0.4 is 5.32 Å². The normalized spacial score (nSPS) is 11.9. The maximum Gasteiger partial charge on any atom is 0.416 e. The number of benzene rings is 2. The molecule has 0 aliphatic carbocycles. The predicted octanol–water partition coefficient (Wildman–Crippen LogP) is 4.39. The highest BCUT2D eigenvalue weighted by Crippen LogP contribution is 2.32. The van der Waals surface area contributed by atoms with Crippen molar-refractivity contribution in [2.75, 3.05) is 13.6 Å². The lowest BCUT2D eigenvalue weighted by atomic mass is 10.0. The Morgan fingerprint density at radius 2 is 1.72 bits per heavy atom. The monoisotopic (exact) mass is 345 g/mol. The molecule has 0 aliphatic rings. The molecule has 130 valence electrons. The van der Waals surface area contributed by atoms with Crippen molar-refractivity contribution in [1.82, 2.24) is 15.5 Å². The van der Waals surface area contributed by atoms with E-state index in [2.05, 4.69) is 15.5 Å². The Hall–Kier alpha value is -2.47. The first kappa shape index (κ1) is 17.4. The van der Waals surface area contributed by atoms with Gasteiger partial charge in [0.15, 0.2) is 0 Å². The first-order valence-electron chi connectivity index (χ1n) is 7.98. The second kappa shape index (κ2) is 6.80. The molecule has 0 bridgehead atoms. The molecule has 0 unspecified atom stereocenters. The Balaban J connectivity index is 1.98. The molecule has 0 atom stereocenters. The van der Waals surface area contributed by atoms with Gasteiger partial charge in [0, 0.05) is 10.9 Å². The quantitative estimate of drug-likeness (QED) is 0.762. The summed E-state index contributed by atoms with van der Waals surface area (Å²) in [6, 6.07) is 11.1. The fourth-order valence-corrected chi connectivity index (χ4v) is 2.80. The minimum absolute atomic E-state index is 0.601. The molecule has 0 saturated heterocycles. The van der Waals surface area contributed by atoms with E-state index in [0.29, 0.717) is 11.3 Å². The summed E-state index contributed by atoms with van der Waals surface area (Å²) in [7, 11) is 1.90. The van der Waals surface area contributed by atoms with E-state index < -0.39 is 11.7 Å². The number of aryl methyl sites for hydroxylation is 1. The predicted molar refractivity (Wildman–Crippen MR) is 92.3 cm³/mol. The lowest BCUT2D eigenvalue weighted by Crippen LogP contribution is -2.10. The number of halogens is 3. The smallest absolute Gasteiger partial charge is 0.319 e. The summed E-state index contributed by atoms with van der Waals surface area (Å²) >= 11 is 0. The molecule has 1 aromatic heterocycles. The third kappa shape index (κ3) is 3.64. The van der Waals surface area contributed by atoms with Crippen LogP contribution >= 0.6 is 0 Å². The van der Waals surface area contributed by atoms with Crippen LogP contribution in [0.15, 0.2) is 42.5 Å². The Labute approximate surface area is 143 Å². The lowest BCUT2D eigenvalue weighted by molar-refractivity contribution is -0.137. The average Bonchev–Trinajstić information content (AvgIpc) is 2.59. The van der Waals surface area contributed by atoms with Gasteiger partial charge in [0.25, 0.3) is 0 Å². The van der Waals surface area contributed by atoms with Crippen molar-refractivity contribution in [3.8, 4) is 11.3 Å². The van der Waals surface area contributed by atoms with Crippen LogP contribution in [-0.4, -0.2) is 23.8 Å². The van der Waals surface area contributed by atoms with Gasteiger partial charge in [-0.05, 0) is 56.3 Å². The van der Waals surface area contributed by atoms with Gasteiger partial charge in [-0.1, -0.05) is 24.3 Å². The van der Waals surface area contributed by atoms with Gasteiger partial charge in [-0.25, -0.2) is 0 Å². The molecule has 2 aromatic carbocycles. The molecule has 3 aromatic rings. The molecule has 0 radical (unpaired) electrons. The summed E-state index contributed by atoms with van der Waals surface area (Å²) in [5, 5.41) is 12.6. The van der Waals surface area contributed by atoms with Crippen molar-refractivity contribution in [3.63, 3.8) is 0 Å². The van der Waals surface area contributed by atoms with Crippen LogP contribution in [0.5, 0.6) is 0 Å². The van der Waals surface area contributed by atoms with Crippen LogP contribution in [0.4, 0.5) is 13.2 Å². The van der Waals surface area contributed by atoms with Crippen molar-refractivity contribution < 1.29 is 13.2 Å². The number of hydrogen-bond donors (Lipinski definition) is 1. The fraction of sp³-hybridized carbons (Fsp3) is 0.263. The standard InChI is InChI=1S/C19H18F3N3/c1-12-16-8-3-13(9-10-23-2)11-17(16)24-25-18(12)14-4-6-15(7-5-14)19(20,21)22/h3-8,11,23H,9-10H2,1-2H3. The number of nitrogens with one attached hydrogen (secondary N) is 1. The van der Waals surface area contributed by atoms with Crippen LogP contribution in [0.25, 0.3) is 22.2 Å². The van der Waals surface area contributed by atoms with Gasteiger partial charge in [-0.2, -0.15) is 13.2 Å². The molecule has 0 aliphatic heterocycles. The van der Waals surface area contributed by atoms with Crippen molar-refractivity contribution in [3.05, 3.63) is 59.2 Å². The highest BCUT2D eigenvalue weighted by molar-refractivity contribution is 5.86. The number of rotatable bonds is 4. The summed E-state index contributed by atoms with van der Waals surface area (Å²) in [6.07, 6.45) is -3.44. The van der Waals surface area contributed by atoms with E-state index in [1.807, 2.05) is 32.2 Å². The van der Waals surface area contributed by atoms with Crippen molar-refractivity contribution in [2.24, 2.45) is 0 Å².